The number of Topliss-reactive ketones (excluding diaryl/α,β-unsaturated/α-hetero) is 1. The molecule has 1 aliphatic rings. The van der Waals surface area contributed by atoms with Crippen LogP contribution in [0.5, 0.6) is 0 Å². The Morgan fingerprint density at radius 1 is 0.765 bits per heavy atom. The van der Waals surface area contributed by atoms with Gasteiger partial charge in [-0.3, -0.25) is 14.7 Å². The van der Waals surface area contributed by atoms with Gasteiger partial charge in [-0.25, -0.2) is 0 Å². The summed E-state index contributed by atoms with van der Waals surface area (Å²) >= 11 is 0. The zero-order valence-corrected chi connectivity index (χ0v) is 23.2. The van der Waals surface area contributed by atoms with Crippen LogP contribution in [-0.4, -0.2) is 57.7 Å². The lowest BCUT2D eigenvalue weighted by Crippen LogP contribution is -2.30. The molecule has 0 aromatic heterocycles. The van der Waals surface area contributed by atoms with E-state index in [0.717, 1.165) is 22.4 Å². The smallest absolute Gasteiger partial charge is 0.217 e. The highest BCUT2D eigenvalue weighted by molar-refractivity contribution is 6.21. The Hall–Kier alpha value is -2.34. The summed E-state index contributed by atoms with van der Waals surface area (Å²) in [6.07, 6.45) is 0.275. The predicted molar refractivity (Wildman–Crippen MR) is 142 cm³/mol. The Morgan fingerprint density at radius 2 is 1.24 bits per heavy atom. The molecule has 0 radical (unpaired) electrons. The largest absolute Gasteiger partial charge is 0.343 e. The van der Waals surface area contributed by atoms with Crippen molar-refractivity contribution >= 4 is 11.5 Å². The molecule has 0 saturated carbocycles. The highest BCUT2D eigenvalue weighted by atomic mass is 16.7. The van der Waals surface area contributed by atoms with E-state index in [2.05, 4.69) is 61.5 Å². The minimum Gasteiger partial charge on any atom is -0.343 e. The third-order valence-electron chi connectivity index (χ3n) is 7.36. The topological polar surface area (TPSA) is 51.1 Å². The van der Waals surface area contributed by atoms with Crippen molar-refractivity contribution in [2.24, 2.45) is 4.99 Å². The molecule has 5 heteroatoms. The standard InChI is InChI=1S/C24H29NO.C5H13NO2/c1-12-11-20-23(17(6)13(12)2)21(26)9-10-25-24(20)22-18(7)15(4)14(3)16(5)19(22)8;1-6(2)5(7-3)8-4/h11H,9-10H2,1-8H3;5H,1-4H3. The molecule has 186 valence electrons. The van der Waals surface area contributed by atoms with E-state index in [-0.39, 0.29) is 12.2 Å². The molecule has 1 aliphatic heterocycles. The molecule has 3 rings (SSSR count). The SMILES string of the molecule is COC(OC)N(C)C.Cc1cc2c(c(C)c1C)C(=O)CCN=C2c1c(C)c(C)c(C)c(C)c1C. The molecule has 5 nitrogen and oxygen atoms in total. The highest BCUT2D eigenvalue weighted by Gasteiger charge is 2.26. The lowest BCUT2D eigenvalue weighted by Gasteiger charge is -2.22. The molecule has 2 aromatic carbocycles. The normalized spacial score (nSPS) is 13.5. The molecule has 2 aromatic rings. The number of methoxy groups -OCH3 is 2. The average molecular weight is 467 g/mol. The summed E-state index contributed by atoms with van der Waals surface area (Å²) < 4.78 is 9.73. The minimum atomic E-state index is -0.213. The van der Waals surface area contributed by atoms with Crippen LogP contribution in [0.4, 0.5) is 0 Å². The third kappa shape index (κ3) is 5.32. The first-order chi connectivity index (χ1) is 15.9. The number of rotatable bonds is 4. The molecule has 0 fully saturated rings. The molecule has 0 N–H and O–H groups in total. The summed E-state index contributed by atoms with van der Waals surface area (Å²) in [6, 6.07) is 2.17. The van der Waals surface area contributed by atoms with Gasteiger partial charge >= 0.3 is 0 Å². The van der Waals surface area contributed by atoms with Crippen LogP contribution in [0.1, 0.15) is 72.4 Å². The Morgan fingerprint density at radius 3 is 1.68 bits per heavy atom. The number of hydrogen-bond acceptors (Lipinski definition) is 5. The van der Waals surface area contributed by atoms with E-state index in [0.29, 0.717) is 13.0 Å². The molecule has 0 saturated heterocycles. The van der Waals surface area contributed by atoms with Crippen molar-refractivity contribution in [1.29, 1.82) is 0 Å². The quantitative estimate of drug-likeness (QED) is 0.542. The summed E-state index contributed by atoms with van der Waals surface area (Å²) in [5.41, 5.74) is 14.2. The number of fused-ring (bicyclic) bond motifs is 1. The van der Waals surface area contributed by atoms with Crippen LogP contribution in [-0.2, 0) is 9.47 Å². The van der Waals surface area contributed by atoms with E-state index in [1.54, 1.807) is 14.2 Å². The molecule has 0 amide bonds. The van der Waals surface area contributed by atoms with Crippen LogP contribution >= 0.6 is 0 Å². The van der Waals surface area contributed by atoms with E-state index < -0.39 is 0 Å². The maximum Gasteiger partial charge on any atom is 0.217 e. The number of carbonyl (C=O) groups is 1. The van der Waals surface area contributed by atoms with Gasteiger partial charge in [-0.05, 0) is 120 Å². The fourth-order valence-electron chi connectivity index (χ4n) is 4.69. The Bertz CT molecular complexity index is 1080. The molecule has 34 heavy (non-hydrogen) atoms. The first kappa shape index (κ1) is 27.9. The van der Waals surface area contributed by atoms with Gasteiger partial charge in [0.15, 0.2) is 5.78 Å². The van der Waals surface area contributed by atoms with Crippen molar-refractivity contribution in [3.05, 3.63) is 67.3 Å². The fourth-order valence-corrected chi connectivity index (χ4v) is 4.69. The second kappa shape index (κ2) is 11.4. The predicted octanol–water partition coefficient (Wildman–Crippen LogP) is 5.70. The summed E-state index contributed by atoms with van der Waals surface area (Å²) in [4.78, 5) is 19.6. The van der Waals surface area contributed by atoms with E-state index >= 15 is 0 Å². The van der Waals surface area contributed by atoms with Crippen LogP contribution in [0, 0.1) is 55.4 Å². The van der Waals surface area contributed by atoms with Crippen molar-refractivity contribution in [3.8, 4) is 0 Å². The van der Waals surface area contributed by atoms with Gasteiger partial charge in [0.1, 0.15) is 0 Å². The molecule has 0 atom stereocenters. The summed E-state index contributed by atoms with van der Waals surface area (Å²) in [5, 5.41) is 0. The number of ether oxygens (including phenoxy) is 2. The zero-order chi connectivity index (χ0) is 25.9. The maximum atomic E-state index is 12.9. The number of hydrogen-bond donors (Lipinski definition) is 0. The molecule has 0 bridgehead atoms. The number of nitrogens with zero attached hydrogens (tertiary/aromatic N) is 2. The van der Waals surface area contributed by atoms with Crippen LogP contribution < -0.4 is 0 Å². The highest BCUT2D eigenvalue weighted by Crippen LogP contribution is 2.33. The van der Waals surface area contributed by atoms with Crippen LogP contribution in [0.15, 0.2) is 11.1 Å². The van der Waals surface area contributed by atoms with Crippen LogP contribution in [0.25, 0.3) is 0 Å². The van der Waals surface area contributed by atoms with Gasteiger partial charge in [-0.2, -0.15) is 0 Å². The molecule has 0 spiro atoms. The summed E-state index contributed by atoms with van der Waals surface area (Å²) in [5.74, 6) is 0.218. The van der Waals surface area contributed by atoms with Gasteiger partial charge in [0.25, 0.3) is 0 Å². The first-order valence-electron chi connectivity index (χ1n) is 11.9. The van der Waals surface area contributed by atoms with Crippen molar-refractivity contribution in [3.63, 3.8) is 0 Å². The van der Waals surface area contributed by atoms with Crippen molar-refractivity contribution in [2.45, 2.75) is 68.2 Å². The summed E-state index contributed by atoms with van der Waals surface area (Å²) in [7, 11) is 6.98. The number of carbonyl (C=O) groups excluding carboxylic acids is 1. The van der Waals surface area contributed by atoms with Gasteiger partial charge in [-0.15, -0.1) is 0 Å². The van der Waals surface area contributed by atoms with Gasteiger partial charge in [0, 0.05) is 43.9 Å². The van der Waals surface area contributed by atoms with E-state index in [1.807, 2.05) is 19.0 Å². The first-order valence-corrected chi connectivity index (χ1v) is 11.9. The van der Waals surface area contributed by atoms with E-state index in [9.17, 15) is 4.79 Å². The fraction of sp³-hybridized carbons (Fsp3) is 0.517. The Balaban J connectivity index is 0.000000440. The molecular formula is C29H42N2O3. The lowest BCUT2D eigenvalue weighted by atomic mass is 9.82. The summed E-state index contributed by atoms with van der Waals surface area (Å²) in [6.45, 7) is 17.8. The van der Waals surface area contributed by atoms with Crippen molar-refractivity contribution in [1.82, 2.24) is 4.90 Å². The molecule has 0 aliphatic carbocycles. The molecule has 1 heterocycles. The van der Waals surface area contributed by atoms with Gasteiger partial charge in [-0.1, -0.05) is 0 Å². The third-order valence-corrected chi connectivity index (χ3v) is 7.36. The number of ketones is 1. The second-order valence-corrected chi connectivity index (χ2v) is 9.51. The lowest BCUT2D eigenvalue weighted by molar-refractivity contribution is -0.179. The number of aryl methyl sites for hydroxylation is 1. The van der Waals surface area contributed by atoms with E-state index in [1.165, 1.54) is 44.5 Å². The zero-order valence-electron chi connectivity index (χ0n) is 23.2. The number of benzene rings is 2. The average Bonchev–Trinajstić information content (AvgIpc) is 2.94. The minimum absolute atomic E-state index is 0.213. The Kier molecular flexibility index (Phi) is 9.35. The van der Waals surface area contributed by atoms with Crippen molar-refractivity contribution < 1.29 is 14.3 Å². The number of aliphatic imine (C=N–C) groups is 1. The van der Waals surface area contributed by atoms with Crippen LogP contribution in [0.3, 0.4) is 0 Å². The Labute approximate surface area is 206 Å². The molecular weight excluding hydrogens is 424 g/mol. The maximum absolute atomic E-state index is 12.9. The second-order valence-electron chi connectivity index (χ2n) is 9.51. The monoisotopic (exact) mass is 466 g/mol. The van der Waals surface area contributed by atoms with Gasteiger partial charge < -0.3 is 9.47 Å². The molecule has 0 unspecified atom stereocenters. The van der Waals surface area contributed by atoms with E-state index in [4.69, 9.17) is 14.5 Å². The van der Waals surface area contributed by atoms with Gasteiger partial charge in [0.2, 0.25) is 6.41 Å². The van der Waals surface area contributed by atoms with Crippen LogP contribution in [0.2, 0.25) is 0 Å². The van der Waals surface area contributed by atoms with Gasteiger partial charge in [0.05, 0.1) is 5.71 Å². The van der Waals surface area contributed by atoms with Crippen molar-refractivity contribution in [2.75, 3.05) is 34.9 Å².